The number of benzene rings is 3. The van der Waals surface area contributed by atoms with Gasteiger partial charge in [0.15, 0.2) is 5.78 Å². The number of para-hydroxylation sites is 1. The van der Waals surface area contributed by atoms with Gasteiger partial charge < -0.3 is 5.32 Å². The molecule has 0 bridgehead atoms. The molecule has 0 radical (unpaired) electrons. The fourth-order valence-corrected chi connectivity index (χ4v) is 2.60. The summed E-state index contributed by atoms with van der Waals surface area (Å²) < 4.78 is 0. The van der Waals surface area contributed by atoms with E-state index < -0.39 is 0 Å². The van der Waals surface area contributed by atoms with Gasteiger partial charge >= 0.3 is 0 Å². The smallest absolute Gasteiger partial charge is 0.195 e. The maximum atomic E-state index is 12.7. The standard InChI is InChI=1S/C20H16ClNO/c21-17-10-6-9-16(13-17)20(23)18-11-4-5-12-19(18)22-14-15-7-2-1-3-8-15/h1-13,22H,14H2. The molecule has 1 N–H and O–H groups in total. The van der Waals surface area contributed by atoms with Crippen molar-refractivity contribution < 1.29 is 4.79 Å². The van der Waals surface area contributed by atoms with Gasteiger partial charge in [0, 0.05) is 28.4 Å². The lowest BCUT2D eigenvalue weighted by molar-refractivity contribution is 0.103. The molecule has 0 saturated heterocycles. The zero-order valence-electron chi connectivity index (χ0n) is 12.5. The highest BCUT2D eigenvalue weighted by Crippen LogP contribution is 2.21. The summed E-state index contributed by atoms with van der Waals surface area (Å²) in [5.74, 6) is -0.0383. The number of nitrogens with one attached hydrogen (secondary N) is 1. The van der Waals surface area contributed by atoms with Gasteiger partial charge in [-0.2, -0.15) is 0 Å². The normalized spacial score (nSPS) is 10.3. The molecule has 0 fully saturated rings. The van der Waals surface area contributed by atoms with Crippen LogP contribution in [0.2, 0.25) is 5.02 Å². The van der Waals surface area contributed by atoms with Crippen molar-refractivity contribution in [1.82, 2.24) is 0 Å². The fraction of sp³-hybridized carbons (Fsp3) is 0.0500. The van der Waals surface area contributed by atoms with Crippen LogP contribution in [-0.2, 0) is 6.54 Å². The highest BCUT2D eigenvalue weighted by molar-refractivity contribution is 6.31. The van der Waals surface area contributed by atoms with Gasteiger partial charge in [-0.25, -0.2) is 0 Å². The number of hydrogen-bond donors (Lipinski definition) is 1. The van der Waals surface area contributed by atoms with Gasteiger partial charge in [-0.15, -0.1) is 0 Å². The van der Waals surface area contributed by atoms with Crippen molar-refractivity contribution in [2.24, 2.45) is 0 Å². The number of rotatable bonds is 5. The number of hydrogen-bond acceptors (Lipinski definition) is 2. The molecular formula is C20H16ClNO. The Balaban J connectivity index is 1.84. The topological polar surface area (TPSA) is 29.1 Å². The lowest BCUT2D eigenvalue weighted by atomic mass is 10.0. The zero-order chi connectivity index (χ0) is 16.1. The van der Waals surface area contributed by atoms with Crippen LogP contribution < -0.4 is 5.32 Å². The Morgan fingerprint density at radius 3 is 2.39 bits per heavy atom. The van der Waals surface area contributed by atoms with Crippen molar-refractivity contribution in [3.05, 3.63) is 101 Å². The van der Waals surface area contributed by atoms with Crippen LogP contribution >= 0.6 is 11.6 Å². The third-order valence-electron chi connectivity index (χ3n) is 3.58. The van der Waals surface area contributed by atoms with E-state index in [9.17, 15) is 4.79 Å². The summed E-state index contributed by atoms with van der Waals surface area (Å²) in [5, 5.41) is 3.90. The fourth-order valence-electron chi connectivity index (χ4n) is 2.41. The number of carbonyl (C=O) groups is 1. The summed E-state index contributed by atoms with van der Waals surface area (Å²) in [6, 6.07) is 24.6. The SMILES string of the molecule is O=C(c1cccc(Cl)c1)c1ccccc1NCc1ccccc1. The molecule has 3 aromatic rings. The highest BCUT2D eigenvalue weighted by atomic mass is 35.5. The summed E-state index contributed by atoms with van der Waals surface area (Å²) in [4.78, 5) is 12.7. The zero-order valence-corrected chi connectivity index (χ0v) is 13.3. The molecule has 2 nitrogen and oxygen atoms in total. The second kappa shape index (κ2) is 7.12. The molecule has 23 heavy (non-hydrogen) atoms. The predicted octanol–water partition coefficient (Wildman–Crippen LogP) is 5.18. The van der Waals surface area contributed by atoms with Crippen LogP contribution in [0, 0.1) is 0 Å². The Labute approximate surface area is 140 Å². The summed E-state index contributed by atoms with van der Waals surface area (Å²) in [5.41, 5.74) is 3.22. The number of halogens is 1. The van der Waals surface area contributed by atoms with Crippen LogP contribution in [0.25, 0.3) is 0 Å². The van der Waals surface area contributed by atoms with Gasteiger partial charge in [-0.1, -0.05) is 66.2 Å². The van der Waals surface area contributed by atoms with Crippen LogP contribution in [0.5, 0.6) is 0 Å². The van der Waals surface area contributed by atoms with E-state index in [1.54, 1.807) is 24.3 Å². The molecule has 3 aromatic carbocycles. The summed E-state index contributed by atoms with van der Waals surface area (Å²) in [7, 11) is 0. The minimum Gasteiger partial charge on any atom is -0.380 e. The molecule has 114 valence electrons. The minimum atomic E-state index is -0.0383. The van der Waals surface area contributed by atoms with Gasteiger partial charge in [0.1, 0.15) is 0 Å². The van der Waals surface area contributed by atoms with Crippen molar-refractivity contribution in [3.8, 4) is 0 Å². The van der Waals surface area contributed by atoms with Crippen molar-refractivity contribution in [1.29, 1.82) is 0 Å². The van der Waals surface area contributed by atoms with E-state index >= 15 is 0 Å². The summed E-state index contributed by atoms with van der Waals surface area (Å²) in [6.45, 7) is 0.667. The molecule has 0 spiro atoms. The Kier molecular flexibility index (Phi) is 4.74. The molecule has 3 heteroatoms. The highest BCUT2D eigenvalue weighted by Gasteiger charge is 2.13. The van der Waals surface area contributed by atoms with E-state index in [0.29, 0.717) is 22.7 Å². The van der Waals surface area contributed by atoms with E-state index in [2.05, 4.69) is 17.4 Å². The number of carbonyl (C=O) groups excluding carboxylic acids is 1. The lowest BCUT2D eigenvalue weighted by Crippen LogP contribution is -2.08. The molecular weight excluding hydrogens is 306 g/mol. The van der Waals surface area contributed by atoms with E-state index in [4.69, 9.17) is 11.6 Å². The second-order valence-electron chi connectivity index (χ2n) is 5.22. The van der Waals surface area contributed by atoms with E-state index in [1.807, 2.05) is 42.5 Å². The van der Waals surface area contributed by atoms with Crippen molar-refractivity contribution in [3.63, 3.8) is 0 Å². The van der Waals surface area contributed by atoms with E-state index in [-0.39, 0.29) is 5.78 Å². The monoisotopic (exact) mass is 321 g/mol. The minimum absolute atomic E-state index is 0.0383. The summed E-state index contributed by atoms with van der Waals surface area (Å²) in [6.07, 6.45) is 0. The molecule has 0 aliphatic rings. The molecule has 0 saturated carbocycles. The van der Waals surface area contributed by atoms with E-state index in [1.165, 1.54) is 0 Å². The average Bonchev–Trinajstić information content (AvgIpc) is 2.60. The first-order valence-corrected chi connectivity index (χ1v) is 7.79. The predicted molar refractivity (Wildman–Crippen MR) is 95.1 cm³/mol. The Morgan fingerprint density at radius 2 is 1.61 bits per heavy atom. The molecule has 0 amide bonds. The molecule has 0 atom stereocenters. The quantitative estimate of drug-likeness (QED) is 0.656. The maximum absolute atomic E-state index is 12.7. The molecule has 3 rings (SSSR count). The largest absolute Gasteiger partial charge is 0.380 e. The first-order chi connectivity index (χ1) is 11.2. The van der Waals surface area contributed by atoms with Gasteiger partial charge in [0.2, 0.25) is 0 Å². The van der Waals surface area contributed by atoms with Crippen LogP contribution in [0.4, 0.5) is 5.69 Å². The van der Waals surface area contributed by atoms with Crippen molar-refractivity contribution in [2.75, 3.05) is 5.32 Å². The molecule has 0 aliphatic carbocycles. The van der Waals surface area contributed by atoms with Crippen molar-refractivity contribution in [2.45, 2.75) is 6.54 Å². The first-order valence-electron chi connectivity index (χ1n) is 7.41. The first kappa shape index (κ1) is 15.3. The summed E-state index contributed by atoms with van der Waals surface area (Å²) >= 11 is 5.99. The third kappa shape index (κ3) is 3.79. The Bertz CT molecular complexity index is 815. The van der Waals surface area contributed by atoms with E-state index in [0.717, 1.165) is 11.3 Å². The van der Waals surface area contributed by atoms with Crippen molar-refractivity contribution >= 4 is 23.1 Å². The van der Waals surface area contributed by atoms with Crippen LogP contribution in [0.15, 0.2) is 78.9 Å². The van der Waals surface area contributed by atoms with Crippen LogP contribution in [0.1, 0.15) is 21.5 Å². The Morgan fingerprint density at radius 1 is 0.870 bits per heavy atom. The second-order valence-corrected chi connectivity index (χ2v) is 5.66. The van der Waals surface area contributed by atoms with Gasteiger partial charge in [0.05, 0.1) is 0 Å². The van der Waals surface area contributed by atoms with Gasteiger partial charge in [-0.05, 0) is 29.8 Å². The van der Waals surface area contributed by atoms with Gasteiger partial charge in [-0.3, -0.25) is 4.79 Å². The molecule has 0 unspecified atom stereocenters. The van der Waals surface area contributed by atoms with Crippen LogP contribution in [0.3, 0.4) is 0 Å². The maximum Gasteiger partial charge on any atom is 0.195 e. The molecule has 0 aliphatic heterocycles. The lowest BCUT2D eigenvalue weighted by Gasteiger charge is -2.11. The number of ketones is 1. The molecule has 0 heterocycles. The average molecular weight is 322 g/mol. The van der Waals surface area contributed by atoms with Gasteiger partial charge in [0.25, 0.3) is 0 Å². The Hall–Kier alpha value is -2.58. The molecule has 0 aromatic heterocycles. The number of anilines is 1. The third-order valence-corrected chi connectivity index (χ3v) is 3.82. The van der Waals surface area contributed by atoms with Crippen LogP contribution in [-0.4, -0.2) is 5.78 Å².